The Morgan fingerprint density at radius 3 is 2.53 bits per heavy atom. The van der Waals surface area contributed by atoms with Crippen LogP contribution in [0.3, 0.4) is 0 Å². The Morgan fingerprint density at radius 2 is 1.90 bits per heavy atom. The van der Waals surface area contributed by atoms with Gasteiger partial charge in [0.05, 0.1) is 19.8 Å². The number of halogens is 1. The van der Waals surface area contributed by atoms with Crippen molar-refractivity contribution in [1.29, 1.82) is 0 Å². The van der Waals surface area contributed by atoms with Gasteiger partial charge in [0, 0.05) is 47.0 Å². The maximum Gasteiger partial charge on any atom is 0.193 e. The molecular weight excluding hydrogens is 497 g/mol. The summed E-state index contributed by atoms with van der Waals surface area (Å²) in [4.78, 5) is 6.75. The lowest BCUT2D eigenvalue weighted by Crippen LogP contribution is -2.46. The van der Waals surface area contributed by atoms with Crippen LogP contribution in [0.2, 0.25) is 0 Å². The zero-order chi connectivity index (χ0) is 20.9. The summed E-state index contributed by atoms with van der Waals surface area (Å²) in [5.41, 5.74) is 1.13. The minimum absolute atomic E-state index is 0. The molecule has 8 heteroatoms. The number of nitrogens with one attached hydrogen (secondary N) is 1. The normalized spacial score (nSPS) is 14.9. The van der Waals surface area contributed by atoms with Crippen molar-refractivity contribution in [2.24, 2.45) is 4.99 Å². The van der Waals surface area contributed by atoms with Crippen LogP contribution in [0.25, 0.3) is 0 Å². The Kier molecular flexibility index (Phi) is 13.9. The number of guanidine groups is 1. The molecule has 2 rings (SSSR count). The summed E-state index contributed by atoms with van der Waals surface area (Å²) in [6.45, 7) is 6.88. The van der Waals surface area contributed by atoms with Crippen molar-refractivity contribution in [3.05, 3.63) is 23.8 Å². The maximum absolute atomic E-state index is 5.95. The van der Waals surface area contributed by atoms with Crippen LogP contribution in [0.15, 0.2) is 23.2 Å². The van der Waals surface area contributed by atoms with Crippen LogP contribution in [0.1, 0.15) is 38.2 Å². The standard InChI is InChI=1S/C22H37N3O4.HI/c1-5-13-29-20-8-7-18(16-21(20)27-4)17-24-22(23-2)25-11-9-19(10-12-25)28-15-6-14-26-3;/h7-8,16,19H,5-6,9-15,17H2,1-4H3,(H,23,24);1H. The van der Waals surface area contributed by atoms with E-state index in [1.165, 1.54) is 0 Å². The molecule has 0 bridgehead atoms. The Bertz CT molecular complexity index is 622. The number of benzene rings is 1. The van der Waals surface area contributed by atoms with Crippen molar-refractivity contribution >= 4 is 29.9 Å². The molecule has 1 N–H and O–H groups in total. The van der Waals surface area contributed by atoms with Gasteiger partial charge in [-0.15, -0.1) is 24.0 Å². The Morgan fingerprint density at radius 1 is 1.13 bits per heavy atom. The number of ether oxygens (including phenoxy) is 4. The topological polar surface area (TPSA) is 64.6 Å². The third-order valence-electron chi connectivity index (χ3n) is 4.94. The van der Waals surface area contributed by atoms with Crippen LogP contribution < -0.4 is 14.8 Å². The van der Waals surface area contributed by atoms with Crippen molar-refractivity contribution < 1.29 is 18.9 Å². The summed E-state index contributed by atoms with van der Waals surface area (Å²) in [5, 5.41) is 3.47. The zero-order valence-corrected chi connectivity index (χ0v) is 21.1. The molecule has 1 aromatic carbocycles. The summed E-state index contributed by atoms with van der Waals surface area (Å²) >= 11 is 0. The SMILES string of the molecule is CCCOc1ccc(CNC(=NC)N2CCC(OCCCOC)CC2)cc1OC.I. The molecule has 0 atom stereocenters. The largest absolute Gasteiger partial charge is 0.493 e. The average molecular weight is 535 g/mol. The van der Waals surface area contributed by atoms with Crippen LogP contribution in [0.5, 0.6) is 11.5 Å². The van der Waals surface area contributed by atoms with Crippen molar-refractivity contribution in [3.8, 4) is 11.5 Å². The molecule has 1 aliphatic rings. The van der Waals surface area contributed by atoms with Crippen molar-refractivity contribution in [2.75, 3.05) is 54.2 Å². The molecule has 1 saturated heterocycles. The van der Waals surface area contributed by atoms with Gasteiger partial charge in [-0.2, -0.15) is 0 Å². The fourth-order valence-electron chi connectivity index (χ4n) is 3.35. The molecule has 1 fully saturated rings. The zero-order valence-electron chi connectivity index (χ0n) is 18.8. The first-order valence-electron chi connectivity index (χ1n) is 10.6. The van der Waals surface area contributed by atoms with Gasteiger partial charge in [0.2, 0.25) is 0 Å². The highest BCUT2D eigenvalue weighted by atomic mass is 127. The fourth-order valence-corrected chi connectivity index (χ4v) is 3.35. The molecule has 172 valence electrons. The van der Waals surface area contributed by atoms with Crippen LogP contribution in [0, 0.1) is 0 Å². The van der Waals surface area contributed by atoms with Crippen LogP contribution in [-0.4, -0.2) is 71.1 Å². The number of likely N-dealkylation sites (tertiary alicyclic amines) is 1. The van der Waals surface area contributed by atoms with E-state index in [9.17, 15) is 0 Å². The lowest BCUT2D eigenvalue weighted by atomic mass is 10.1. The monoisotopic (exact) mass is 535 g/mol. The summed E-state index contributed by atoms with van der Waals surface area (Å²) in [7, 11) is 5.23. The van der Waals surface area contributed by atoms with E-state index in [1.807, 2.05) is 19.2 Å². The molecule has 1 aliphatic heterocycles. The molecule has 0 amide bonds. The number of hydrogen-bond acceptors (Lipinski definition) is 5. The van der Waals surface area contributed by atoms with Gasteiger partial charge in [-0.1, -0.05) is 13.0 Å². The maximum atomic E-state index is 5.95. The smallest absolute Gasteiger partial charge is 0.193 e. The van der Waals surface area contributed by atoms with E-state index >= 15 is 0 Å². The van der Waals surface area contributed by atoms with E-state index < -0.39 is 0 Å². The lowest BCUT2D eigenvalue weighted by molar-refractivity contribution is 0.00989. The number of rotatable bonds is 11. The number of piperidine rings is 1. The van der Waals surface area contributed by atoms with Gasteiger partial charge >= 0.3 is 0 Å². The van der Waals surface area contributed by atoms with E-state index in [1.54, 1.807) is 14.2 Å². The summed E-state index contributed by atoms with van der Waals surface area (Å²) < 4.78 is 22.2. The molecule has 1 heterocycles. The highest BCUT2D eigenvalue weighted by Gasteiger charge is 2.21. The predicted molar refractivity (Wildman–Crippen MR) is 131 cm³/mol. The van der Waals surface area contributed by atoms with Gasteiger partial charge in [0.15, 0.2) is 17.5 Å². The molecule has 0 aromatic heterocycles. The number of hydrogen-bond donors (Lipinski definition) is 1. The first kappa shape index (κ1) is 26.8. The number of aliphatic imine (C=N–C) groups is 1. The molecular formula is C22H38IN3O4. The van der Waals surface area contributed by atoms with E-state index in [2.05, 4.69) is 28.2 Å². The van der Waals surface area contributed by atoms with Crippen LogP contribution >= 0.6 is 24.0 Å². The second-order valence-electron chi connectivity index (χ2n) is 7.14. The number of methoxy groups -OCH3 is 2. The second kappa shape index (κ2) is 15.5. The van der Waals surface area contributed by atoms with E-state index in [4.69, 9.17) is 18.9 Å². The highest BCUT2D eigenvalue weighted by molar-refractivity contribution is 14.0. The Labute approximate surface area is 198 Å². The van der Waals surface area contributed by atoms with Gasteiger partial charge < -0.3 is 29.2 Å². The van der Waals surface area contributed by atoms with E-state index in [0.717, 1.165) is 75.0 Å². The highest BCUT2D eigenvalue weighted by Crippen LogP contribution is 2.28. The van der Waals surface area contributed by atoms with Gasteiger partial charge in [-0.3, -0.25) is 4.99 Å². The summed E-state index contributed by atoms with van der Waals surface area (Å²) in [6.07, 6.45) is 4.29. The van der Waals surface area contributed by atoms with E-state index in [-0.39, 0.29) is 24.0 Å². The van der Waals surface area contributed by atoms with Crippen molar-refractivity contribution in [1.82, 2.24) is 10.2 Å². The molecule has 0 saturated carbocycles. The molecule has 30 heavy (non-hydrogen) atoms. The van der Waals surface area contributed by atoms with Crippen LogP contribution in [0.4, 0.5) is 0 Å². The molecule has 1 aromatic rings. The number of nitrogens with zero attached hydrogens (tertiary/aromatic N) is 2. The van der Waals surface area contributed by atoms with Crippen LogP contribution in [-0.2, 0) is 16.0 Å². The molecule has 0 spiro atoms. The Balaban J connectivity index is 0.00000450. The van der Waals surface area contributed by atoms with Gasteiger partial charge in [0.1, 0.15) is 0 Å². The third kappa shape index (κ3) is 8.85. The third-order valence-corrected chi connectivity index (χ3v) is 4.94. The van der Waals surface area contributed by atoms with Gasteiger partial charge in [0.25, 0.3) is 0 Å². The molecule has 0 radical (unpaired) electrons. The second-order valence-corrected chi connectivity index (χ2v) is 7.14. The lowest BCUT2D eigenvalue weighted by Gasteiger charge is -2.34. The summed E-state index contributed by atoms with van der Waals surface area (Å²) in [6, 6.07) is 6.06. The first-order chi connectivity index (χ1) is 14.2. The average Bonchev–Trinajstić information content (AvgIpc) is 2.77. The van der Waals surface area contributed by atoms with E-state index in [0.29, 0.717) is 19.3 Å². The molecule has 7 nitrogen and oxygen atoms in total. The van der Waals surface area contributed by atoms with Gasteiger partial charge in [-0.05, 0) is 43.4 Å². The summed E-state index contributed by atoms with van der Waals surface area (Å²) in [5.74, 6) is 2.47. The quantitative estimate of drug-likeness (QED) is 0.202. The predicted octanol–water partition coefficient (Wildman–Crippen LogP) is 3.69. The van der Waals surface area contributed by atoms with Crippen molar-refractivity contribution in [2.45, 2.75) is 45.3 Å². The minimum Gasteiger partial charge on any atom is -0.493 e. The Hall–Kier alpha value is -1.26. The molecule has 0 aliphatic carbocycles. The van der Waals surface area contributed by atoms with Crippen molar-refractivity contribution in [3.63, 3.8) is 0 Å². The first-order valence-corrected chi connectivity index (χ1v) is 10.6. The van der Waals surface area contributed by atoms with Gasteiger partial charge in [-0.25, -0.2) is 0 Å². The minimum atomic E-state index is 0. The molecule has 0 unspecified atom stereocenters. The fraction of sp³-hybridized carbons (Fsp3) is 0.682.